The van der Waals surface area contributed by atoms with Crippen molar-refractivity contribution >= 4 is 0 Å². The van der Waals surface area contributed by atoms with E-state index in [-0.39, 0.29) is 0 Å². The summed E-state index contributed by atoms with van der Waals surface area (Å²) >= 11 is 0. The van der Waals surface area contributed by atoms with Gasteiger partial charge in [0.15, 0.2) is 0 Å². The van der Waals surface area contributed by atoms with Gasteiger partial charge in [0.1, 0.15) is 0 Å². The largest absolute Gasteiger partial charge is 0.316 e. The monoisotopic (exact) mass is 247 g/mol. The molecule has 3 heteroatoms. The lowest BCUT2D eigenvalue weighted by Gasteiger charge is -2.32. The van der Waals surface area contributed by atoms with Gasteiger partial charge in [0, 0.05) is 32.0 Å². The second-order valence-corrected chi connectivity index (χ2v) is 5.62. The summed E-state index contributed by atoms with van der Waals surface area (Å²) in [4.78, 5) is 6.54. The van der Waals surface area contributed by atoms with Crippen LogP contribution >= 0.6 is 0 Å². The fourth-order valence-corrected chi connectivity index (χ4v) is 2.87. The molecule has 1 saturated heterocycles. The van der Waals surface area contributed by atoms with Crippen LogP contribution in [0.4, 0.5) is 0 Å². The van der Waals surface area contributed by atoms with Gasteiger partial charge in [0.05, 0.1) is 0 Å². The topological polar surface area (TPSA) is 28.2 Å². The summed E-state index contributed by atoms with van der Waals surface area (Å²) in [5.41, 5.74) is 1.89. The lowest BCUT2D eigenvalue weighted by Crippen LogP contribution is -2.37. The Morgan fingerprint density at radius 3 is 2.78 bits per heavy atom. The second kappa shape index (κ2) is 6.30. The highest BCUT2D eigenvalue weighted by molar-refractivity contribution is 5.09. The molecular weight excluding hydrogens is 222 g/mol. The molecule has 0 saturated carbocycles. The van der Waals surface area contributed by atoms with Gasteiger partial charge in [-0.25, -0.2) is 0 Å². The molecule has 1 aromatic rings. The Hall–Kier alpha value is -0.930. The SMILES string of the molecule is CCC1(CN(C)CCc2ccncc2)CCNC1. The molecule has 3 nitrogen and oxygen atoms in total. The van der Waals surface area contributed by atoms with Crippen LogP contribution in [0.1, 0.15) is 25.3 Å². The van der Waals surface area contributed by atoms with Crippen LogP contribution in [-0.2, 0) is 6.42 Å². The Balaban J connectivity index is 1.79. The molecule has 0 aromatic carbocycles. The number of hydrogen-bond donors (Lipinski definition) is 1. The summed E-state index contributed by atoms with van der Waals surface area (Å²) in [5, 5.41) is 3.51. The van der Waals surface area contributed by atoms with Crippen molar-refractivity contribution in [1.29, 1.82) is 0 Å². The third kappa shape index (κ3) is 3.53. The van der Waals surface area contributed by atoms with Crippen molar-refractivity contribution in [2.24, 2.45) is 5.41 Å². The van der Waals surface area contributed by atoms with Crippen molar-refractivity contribution in [1.82, 2.24) is 15.2 Å². The predicted octanol–water partition coefficient (Wildman–Crippen LogP) is 1.95. The van der Waals surface area contributed by atoms with Crippen molar-refractivity contribution in [2.75, 3.05) is 33.2 Å². The predicted molar refractivity (Wildman–Crippen MR) is 75.6 cm³/mol. The lowest BCUT2D eigenvalue weighted by atomic mass is 9.84. The number of aromatic nitrogens is 1. The average Bonchev–Trinajstić information content (AvgIpc) is 2.87. The first-order valence-corrected chi connectivity index (χ1v) is 7.02. The number of rotatable bonds is 6. The van der Waals surface area contributed by atoms with Gasteiger partial charge in [-0.1, -0.05) is 6.92 Å². The Morgan fingerprint density at radius 1 is 1.39 bits per heavy atom. The standard InChI is InChI=1S/C15H25N3/c1-3-15(7-10-17-12-15)13-18(2)11-6-14-4-8-16-9-5-14/h4-5,8-9,17H,3,6-7,10-13H2,1-2H3. The van der Waals surface area contributed by atoms with E-state index in [9.17, 15) is 0 Å². The number of pyridine rings is 1. The summed E-state index contributed by atoms with van der Waals surface area (Å²) in [7, 11) is 2.25. The van der Waals surface area contributed by atoms with Gasteiger partial charge < -0.3 is 10.2 Å². The fourth-order valence-electron chi connectivity index (χ4n) is 2.87. The lowest BCUT2D eigenvalue weighted by molar-refractivity contribution is 0.186. The van der Waals surface area contributed by atoms with E-state index in [1.54, 1.807) is 0 Å². The maximum Gasteiger partial charge on any atom is 0.0270 e. The molecule has 0 spiro atoms. The molecule has 1 aliphatic rings. The number of nitrogens with zero attached hydrogens (tertiary/aromatic N) is 2. The van der Waals surface area contributed by atoms with Gasteiger partial charge in [0.25, 0.3) is 0 Å². The molecule has 1 unspecified atom stereocenters. The molecule has 2 rings (SSSR count). The fraction of sp³-hybridized carbons (Fsp3) is 0.667. The van der Waals surface area contributed by atoms with Crippen LogP contribution in [0.2, 0.25) is 0 Å². The van der Waals surface area contributed by atoms with E-state index < -0.39 is 0 Å². The van der Waals surface area contributed by atoms with Crippen LogP contribution in [0, 0.1) is 5.41 Å². The van der Waals surface area contributed by atoms with Crippen LogP contribution in [-0.4, -0.2) is 43.1 Å². The molecule has 2 heterocycles. The Morgan fingerprint density at radius 2 is 2.17 bits per heavy atom. The van der Waals surface area contributed by atoms with E-state index in [2.05, 4.69) is 41.3 Å². The minimum absolute atomic E-state index is 0.507. The van der Waals surface area contributed by atoms with Crippen LogP contribution in [0.25, 0.3) is 0 Å². The molecule has 1 atom stereocenters. The number of hydrogen-bond acceptors (Lipinski definition) is 3. The van der Waals surface area contributed by atoms with E-state index in [0.29, 0.717) is 5.41 Å². The second-order valence-electron chi connectivity index (χ2n) is 5.62. The molecule has 100 valence electrons. The number of nitrogens with one attached hydrogen (secondary N) is 1. The first-order valence-electron chi connectivity index (χ1n) is 7.02. The highest BCUT2D eigenvalue weighted by atomic mass is 15.1. The van der Waals surface area contributed by atoms with Crippen LogP contribution in [0.15, 0.2) is 24.5 Å². The third-order valence-electron chi connectivity index (χ3n) is 4.22. The minimum atomic E-state index is 0.507. The number of likely N-dealkylation sites (N-methyl/N-ethyl adjacent to an activating group) is 1. The third-order valence-corrected chi connectivity index (χ3v) is 4.22. The van der Waals surface area contributed by atoms with E-state index in [1.165, 1.54) is 38.0 Å². The smallest absolute Gasteiger partial charge is 0.0270 e. The summed E-state index contributed by atoms with van der Waals surface area (Å²) < 4.78 is 0. The summed E-state index contributed by atoms with van der Waals surface area (Å²) in [6.45, 7) is 7.03. The molecule has 1 N–H and O–H groups in total. The molecule has 1 aliphatic heterocycles. The van der Waals surface area contributed by atoms with Crippen LogP contribution in [0.5, 0.6) is 0 Å². The zero-order valence-electron chi connectivity index (χ0n) is 11.7. The Labute approximate surface area is 111 Å². The van der Waals surface area contributed by atoms with Crippen molar-refractivity contribution in [3.63, 3.8) is 0 Å². The van der Waals surface area contributed by atoms with Gasteiger partial charge in [-0.3, -0.25) is 4.98 Å². The first kappa shape index (κ1) is 13.5. The maximum absolute atomic E-state index is 4.06. The zero-order valence-corrected chi connectivity index (χ0v) is 11.7. The van der Waals surface area contributed by atoms with Gasteiger partial charge in [-0.15, -0.1) is 0 Å². The summed E-state index contributed by atoms with van der Waals surface area (Å²) in [6.07, 6.45) is 7.47. The van der Waals surface area contributed by atoms with Crippen molar-refractivity contribution in [3.8, 4) is 0 Å². The summed E-state index contributed by atoms with van der Waals surface area (Å²) in [5.74, 6) is 0. The quantitative estimate of drug-likeness (QED) is 0.833. The molecule has 0 radical (unpaired) electrons. The highest BCUT2D eigenvalue weighted by Gasteiger charge is 2.32. The molecule has 1 fully saturated rings. The first-order chi connectivity index (χ1) is 8.74. The van der Waals surface area contributed by atoms with Gasteiger partial charge in [-0.2, -0.15) is 0 Å². The van der Waals surface area contributed by atoms with Crippen molar-refractivity contribution in [3.05, 3.63) is 30.1 Å². The zero-order chi connectivity index (χ0) is 12.8. The molecular formula is C15H25N3. The molecule has 18 heavy (non-hydrogen) atoms. The molecule has 0 bridgehead atoms. The van der Waals surface area contributed by atoms with Gasteiger partial charge >= 0.3 is 0 Å². The van der Waals surface area contributed by atoms with E-state index in [4.69, 9.17) is 0 Å². The van der Waals surface area contributed by atoms with Crippen LogP contribution < -0.4 is 5.32 Å². The molecule has 0 aliphatic carbocycles. The van der Waals surface area contributed by atoms with Crippen molar-refractivity contribution < 1.29 is 0 Å². The van der Waals surface area contributed by atoms with E-state index >= 15 is 0 Å². The Kier molecular flexibility index (Phi) is 4.72. The average molecular weight is 247 g/mol. The van der Waals surface area contributed by atoms with Gasteiger partial charge in [-0.05, 0) is 56.0 Å². The van der Waals surface area contributed by atoms with Gasteiger partial charge in [0.2, 0.25) is 0 Å². The Bertz CT molecular complexity index is 344. The van der Waals surface area contributed by atoms with E-state index in [1.807, 2.05) is 12.4 Å². The van der Waals surface area contributed by atoms with Crippen LogP contribution in [0.3, 0.4) is 0 Å². The highest BCUT2D eigenvalue weighted by Crippen LogP contribution is 2.29. The molecule has 1 aromatic heterocycles. The normalized spacial score (nSPS) is 23.7. The minimum Gasteiger partial charge on any atom is -0.316 e. The molecule has 0 amide bonds. The maximum atomic E-state index is 4.06. The van der Waals surface area contributed by atoms with E-state index in [0.717, 1.165) is 13.0 Å². The summed E-state index contributed by atoms with van der Waals surface area (Å²) in [6, 6.07) is 4.22. The van der Waals surface area contributed by atoms with Crippen molar-refractivity contribution in [2.45, 2.75) is 26.2 Å².